The van der Waals surface area contributed by atoms with Crippen molar-refractivity contribution in [3.05, 3.63) is 18.7 Å². The molecule has 0 bridgehead atoms. The number of aromatic nitrogens is 4. The van der Waals surface area contributed by atoms with Gasteiger partial charge in [-0.2, -0.15) is 0 Å². The van der Waals surface area contributed by atoms with Gasteiger partial charge in [0.25, 0.3) is 0 Å². The topological polar surface area (TPSA) is 58.4 Å². The van der Waals surface area contributed by atoms with Gasteiger partial charge in [-0.3, -0.25) is 4.40 Å². The Morgan fingerprint density at radius 2 is 2.11 bits per heavy atom. The first-order valence-electron chi connectivity index (χ1n) is 6.54. The Balaban J connectivity index is 1.57. The molecular formula is C12H18N6. The van der Waals surface area contributed by atoms with Crippen LogP contribution < -0.4 is 5.32 Å². The molecule has 2 aromatic rings. The summed E-state index contributed by atoms with van der Waals surface area (Å²) in [6.07, 6.45) is 9.35. The number of nitrogens with zero attached hydrogens (tertiary/aromatic N) is 5. The molecule has 0 atom stereocenters. The van der Waals surface area contributed by atoms with Crippen LogP contribution in [-0.4, -0.2) is 50.7 Å². The van der Waals surface area contributed by atoms with E-state index in [0.717, 1.165) is 24.6 Å². The van der Waals surface area contributed by atoms with Gasteiger partial charge in [0.05, 0.1) is 0 Å². The lowest BCUT2D eigenvalue weighted by molar-refractivity contribution is 0.237. The van der Waals surface area contributed by atoms with Crippen LogP contribution in [0.25, 0.3) is 5.65 Å². The lowest BCUT2D eigenvalue weighted by Gasteiger charge is -2.26. The number of rotatable bonds is 4. The van der Waals surface area contributed by atoms with E-state index in [2.05, 4.69) is 25.4 Å². The lowest BCUT2D eigenvalue weighted by atomic mass is 10.1. The minimum absolute atomic E-state index is 0.788. The molecule has 0 amide bonds. The van der Waals surface area contributed by atoms with Gasteiger partial charge in [-0.25, -0.2) is 4.98 Å². The van der Waals surface area contributed by atoms with Crippen molar-refractivity contribution in [2.75, 3.05) is 31.5 Å². The molecular weight excluding hydrogens is 228 g/mol. The average Bonchev–Trinajstić information content (AvgIpc) is 2.89. The summed E-state index contributed by atoms with van der Waals surface area (Å²) in [6.45, 7) is 4.42. The molecule has 0 aromatic carbocycles. The average molecular weight is 246 g/mol. The van der Waals surface area contributed by atoms with Gasteiger partial charge in [-0.1, -0.05) is 6.42 Å². The van der Waals surface area contributed by atoms with E-state index in [1.54, 1.807) is 12.5 Å². The van der Waals surface area contributed by atoms with E-state index in [1.807, 2.05) is 10.6 Å². The van der Waals surface area contributed by atoms with Crippen LogP contribution in [0.3, 0.4) is 0 Å². The van der Waals surface area contributed by atoms with Crippen LogP contribution in [-0.2, 0) is 0 Å². The molecule has 0 saturated carbocycles. The maximum absolute atomic E-state index is 4.31. The highest BCUT2D eigenvalue weighted by Crippen LogP contribution is 2.10. The predicted octanol–water partition coefficient (Wildman–Crippen LogP) is 1.02. The van der Waals surface area contributed by atoms with Crippen LogP contribution in [0.4, 0.5) is 5.82 Å². The van der Waals surface area contributed by atoms with E-state index in [4.69, 9.17) is 0 Å². The largest absolute Gasteiger partial charge is 0.366 e. The van der Waals surface area contributed by atoms with E-state index in [1.165, 1.54) is 32.4 Å². The molecule has 1 aliphatic rings. The minimum atomic E-state index is 0.788. The quantitative estimate of drug-likeness (QED) is 0.873. The van der Waals surface area contributed by atoms with E-state index in [-0.39, 0.29) is 0 Å². The van der Waals surface area contributed by atoms with Gasteiger partial charge in [0.2, 0.25) is 5.65 Å². The Morgan fingerprint density at radius 3 is 3.00 bits per heavy atom. The van der Waals surface area contributed by atoms with Crippen LogP contribution >= 0.6 is 0 Å². The number of likely N-dealkylation sites (tertiary alicyclic amines) is 1. The van der Waals surface area contributed by atoms with Gasteiger partial charge in [-0.05, 0) is 25.9 Å². The van der Waals surface area contributed by atoms with E-state index in [9.17, 15) is 0 Å². The second-order valence-electron chi connectivity index (χ2n) is 4.67. The summed E-state index contributed by atoms with van der Waals surface area (Å²) < 4.78 is 1.87. The first kappa shape index (κ1) is 11.4. The van der Waals surface area contributed by atoms with Crippen LogP contribution in [0.5, 0.6) is 0 Å². The number of hydrogen-bond donors (Lipinski definition) is 1. The molecule has 3 heterocycles. The fraction of sp³-hybridized carbons (Fsp3) is 0.583. The van der Waals surface area contributed by atoms with Crippen molar-refractivity contribution in [1.29, 1.82) is 0 Å². The molecule has 0 spiro atoms. The third kappa shape index (κ3) is 2.43. The number of fused-ring (bicyclic) bond motifs is 1. The summed E-state index contributed by atoms with van der Waals surface area (Å²) in [5, 5.41) is 11.3. The molecule has 6 nitrogen and oxygen atoms in total. The smallest absolute Gasteiger partial charge is 0.203 e. The van der Waals surface area contributed by atoms with Crippen molar-refractivity contribution in [3.8, 4) is 0 Å². The predicted molar refractivity (Wildman–Crippen MR) is 69.6 cm³/mol. The molecule has 0 radical (unpaired) electrons. The molecule has 6 heteroatoms. The normalized spacial score (nSPS) is 17.1. The fourth-order valence-corrected chi connectivity index (χ4v) is 2.40. The highest BCUT2D eigenvalue weighted by molar-refractivity contribution is 5.61. The molecule has 2 aromatic heterocycles. The Labute approximate surface area is 106 Å². The van der Waals surface area contributed by atoms with Crippen molar-refractivity contribution < 1.29 is 0 Å². The summed E-state index contributed by atoms with van der Waals surface area (Å²) in [4.78, 5) is 6.81. The van der Waals surface area contributed by atoms with Crippen molar-refractivity contribution in [1.82, 2.24) is 24.5 Å². The third-order valence-electron chi connectivity index (χ3n) is 3.38. The summed E-state index contributed by atoms with van der Waals surface area (Å²) in [5.74, 6) is 0.812. The summed E-state index contributed by atoms with van der Waals surface area (Å²) >= 11 is 0. The zero-order valence-corrected chi connectivity index (χ0v) is 10.4. The second kappa shape index (κ2) is 5.30. The summed E-state index contributed by atoms with van der Waals surface area (Å²) in [7, 11) is 0. The lowest BCUT2D eigenvalue weighted by Crippen LogP contribution is -2.33. The molecule has 96 valence electrons. The summed E-state index contributed by atoms with van der Waals surface area (Å²) in [5.41, 5.74) is 0.788. The standard InChI is InChI=1S/C12H18N6/c1-2-6-17(7-3-1)8-4-13-11-12-16-15-10-18(12)9-5-14-11/h5,9-10H,1-4,6-8H2,(H,13,14). The second-order valence-corrected chi connectivity index (χ2v) is 4.67. The molecule has 1 fully saturated rings. The van der Waals surface area contributed by atoms with Crippen molar-refractivity contribution >= 4 is 11.5 Å². The number of anilines is 1. The van der Waals surface area contributed by atoms with Crippen LogP contribution in [0, 0.1) is 0 Å². The Kier molecular flexibility index (Phi) is 3.36. The van der Waals surface area contributed by atoms with Gasteiger partial charge in [0.15, 0.2) is 5.82 Å². The van der Waals surface area contributed by atoms with Gasteiger partial charge >= 0.3 is 0 Å². The highest BCUT2D eigenvalue weighted by atomic mass is 15.2. The number of hydrogen-bond acceptors (Lipinski definition) is 5. The minimum Gasteiger partial charge on any atom is -0.366 e. The SMILES string of the molecule is c1cn2cnnc2c(NCCN2CCCCC2)n1. The van der Waals surface area contributed by atoms with E-state index < -0.39 is 0 Å². The van der Waals surface area contributed by atoms with Gasteiger partial charge < -0.3 is 10.2 Å². The van der Waals surface area contributed by atoms with Crippen molar-refractivity contribution in [2.24, 2.45) is 0 Å². The zero-order chi connectivity index (χ0) is 12.2. The van der Waals surface area contributed by atoms with E-state index in [0.29, 0.717) is 0 Å². The maximum atomic E-state index is 4.31. The molecule has 1 aliphatic heterocycles. The van der Waals surface area contributed by atoms with Gasteiger partial charge in [0.1, 0.15) is 6.33 Å². The Bertz CT molecular complexity index is 502. The van der Waals surface area contributed by atoms with Gasteiger partial charge in [0, 0.05) is 25.5 Å². The molecule has 1 N–H and O–H groups in total. The van der Waals surface area contributed by atoms with Gasteiger partial charge in [-0.15, -0.1) is 10.2 Å². The third-order valence-corrected chi connectivity index (χ3v) is 3.38. The number of piperidine rings is 1. The van der Waals surface area contributed by atoms with Crippen molar-refractivity contribution in [2.45, 2.75) is 19.3 Å². The molecule has 0 aliphatic carbocycles. The van der Waals surface area contributed by atoms with Crippen LogP contribution in [0.1, 0.15) is 19.3 Å². The monoisotopic (exact) mass is 246 g/mol. The molecule has 18 heavy (non-hydrogen) atoms. The highest BCUT2D eigenvalue weighted by Gasteiger charge is 2.10. The maximum Gasteiger partial charge on any atom is 0.203 e. The van der Waals surface area contributed by atoms with Crippen molar-refractivity contribution in [3.63, 3.8) is 0 Å². The molecule has 3 rings (SSSR count). The van der Waals surface area contributed by atoms with E-state index >= 15 is 0 Å². The summed E-state index contributed by atoms with van der Waals surface area (Å²) in [6, 6.07) is 0. The Morgan fingerprint density at radius 1 is 1.22 bits per heavy atom. The fourth-order valence-electron chi connectivity index (χ4n) is 2.40. The zero-order valence-electron chi connectivity index (χ0n) is 10.4. The van der Waals surface area contributed by atoms with Crippen LogP contribution in [0.2, 0.25) is 0 Å². The molecule has 1 saturated heterocycles. The van der Waals surface area contributed by atoms with Crippen LogP contribution in [0.15, 0.2) is 18.7 Å². The first-order chi connectivity index (χ1) is 8.93. The molecule has 0 unspecified atom stereocenters. The Hall–Kier alpha value is -1.69. The first-order valence-corrected chi connectivity index (χ1v) is 6.54. The number of nitrogens with one attached hydrogen (secondary N) is 1.